The Balaban J connectivity index is 2.08. The fourth-order valence-corrected chi connectivity index (χ4v) is 1.98. The van der Waals surface area contributed by atoms with E-state index in [0.29, 0.717) is 10.6 Å². The summed E-state index contributed by atoms with van der Waals surface area (Å²) in [4.78, 5) is 10.4. The predicted octanol–water partition coefficient (Wildman–Crippen LogP) is 2.76. The van der Waals surface area contributed by atoms with Gasteiger partial charge in [0, 0.05) is 19.2 Å². The second-order valence-electron chi connectivity index (χ2n) is 4.85. The van der Waals surface area contributed by atoms with Crippen molar-refractivity contribution in [3.05, 3.63) is 17.5 Å². The molecule has 1 aliphatic rings. The van der Waals surface area contributed by atoms with Crippen molar-refractivity contribution in [3.8, 4) is 0 Å². The summed E-state index contributed by atoms with van der Waals surface area (Å²) in [6, 6.07) is 1.83. The first kappa shape index (κ1) is 10.7. The maximum Gasteiger partial charge on any atom is 0.134 e. The molecule has 0 atom stereocenters. The molecule has 4 heteroatoms. The smallest absolute Gasteiger partial charge is 0.134 e. The monoisotopic (exact) mass is 225 g/mol. The van der Waals surface area contributed by atoms with Crippen molar-refractivity contribution < 1.29 is 0 Å². The fourth-order valence-electron chi connectivity index (χ4n) is 1.84. The van der Waals surface area contributed by atoms with Gasteiger partial charge in [-0.3, -0.25) is 0 Å². The molecule has 1 aliphatic heterocycles. The van der Waals surface area contributed by atoms with Crippen molar-refractivity contribution in [3.63, 3.8) is 0 Å². The van der Waals surface area contributed by atoms with E-state index >= 15 is 0 Å². The van der Waals surface area contributed by atoms with Gasteiger partial charge in [-0.25, -0.2) is 9.97 Å². The highest BCUT2D eigenvalue weighted by molar-refractivity contribution is 6.29. The summed E-state index contributed by atoms with van der Waals surface area (Å²) in [5, 5.41) is 0.518. The molecule has 1 fully saturated rings. The van der Waals surface area contributed by atoms with E-state index in [1.54, 1.807) is 0 Å². The van der Waals surface area contributed by atoms with Crippen LogP contribution in [-0.4, -0.2) is 23.1 Å². The third-order valence-electron chi connectivity index (χ3n) is 3.06. The number of hydrogen-bond acceptors (Lipinski definition) is 3. The molecule has 0 N–H and O–H groups in total. The molecule has 2 rings (SSSR count). The Morgan fingerprint density at radius 2 is 1.93 bits per heavy atom. The van der Waals surface area contributed by atoms with Gasteiger partial charge in [0.15, 0.2) is 0 Å². The van der Waals surface area contributed by atoms with Gasteiger partial charge in [-0.2, -0.15) is 0 Å². The van der Waals surface area contributed by atoms with E-state index in [9.17, 15) is 0 Å². The van der Waals surface area contributed by atoms with Crippen molar-refractivity contribution in [1.82, 2.24) is 9.97 Å². The van der Waals surface area contributed by atoms with Crippen LogP contribution in [0.5, 0.6) is 0 Å². The zero-order chi connectivity index (χ0) is 10.9. The van der Waals surface area contributed by atoms with Crippen LogP contribution in [0.15, 0.2) is 12.4 Å². The van der Waals surface area contributed by atoms with E-state index in [4.69, 9.17) is 11.6 Å². The molecule has 0 amide bonds. The van der Waals surface area contributed by atoms with E-state index in [0.717, 1.165) is 18.9 Å². The highest BCUT2D eigenvalue weighted by atomic mass is 35.5. The Labute approximate surface area is 95.5 Å². The molecule has 0 radical (unpaired) electrons. The fraction of sp³-hybridized carbons (Fsp3) is 0.636. The summed E-state index contributed by atoms with van der Waals surface area (Å²) >= 11 is 5.84. The molecular formula is C11H16ClN3. The molecule has 1 aromatic rings. The number of piperidine rings is 1. The summed E-state index contributed by atoms with van der Waals surface area (Å²) in [6.45, 7) is 6.75. The van der Waals surface area contributed by atoms with Gasteiger partial charge in [-0.15, -0.1) is 0 Å². The summed E-state index contributed by atoms with van der Waals surface area (Å²) < 4.78 is 0. The van der Waals surface area contributed by atoms with Gasteiger partial charge >= 0.3 is 0 Å². The third-order valence-corrected chi connectivity index (χ3v) is 3.27. The Morgan fingerprint density at radius 1 is 1.27 bits per heavy atom. The molecule has 2 heterocycles. The van der Waals surface area contributed by atoms with E-state index in [1.165, 1.54) is 19.2 Å². The van der Waals surface area contributed by atoms with Gasteiger partial charge in [-0.1, -0.05) is 25.4 Å². The molecule has 82 valence electrons. The molecule has 0 unspecified atom stereocenters. The maximum absolute atomic E-state index is 5.84. The second-order valence-corrected chi connectivity index (χ2v) is 5.24. The Morgan fingerprint density at radius 3 is 2.53 bits per heavy atom. The summed E-state index contributed by atoms with van der Waals surface area (Å²) in [7, 11) is 0. The average Bonchev–Trinajstić information content (AvgIpc) is 2.17. The number of nitrogens with zero attached hydrogens (tertiary/aromatic N) is 3. The van der Waals surface area contributed by atoms with Crippen LogP contribution >= 0.6 is 11.6 Å². The minimum absolute atomic E-state index is 0.466. The minimum atomic E-state index is 0.466. The SMILES string of the molecule is CC1(C)CCN(c2cc(Cl)ncn2)CC1. The van der Waals surface area contributed by atoms with E-state index in [1.807, 2.05) is 6.07 Å². The highest BCUT2D eigenvalue weighted by Gasteiger charge is 2.25. The van der Waals surface area contributed by atoms with Gasteiger partial charge in [0.05, 0.1) is 0 Å². The van der Waals surface area contributed by atoms with Crippen LogP contribution in [-0.2, 0) is 0 Å². The second kappa shape index (κ2) is 3.97. The largest absolute Gasteiger partial charge is 0.356 e. The maximum atomic E-state index is 5.84. The van der Waals surface area contributed by atoms with Crippen molar-refractivity contribution in [2.75, 3.05) is 18.0 Å². The first-order valence-electron chi connectivity index (χ1n) is 5.29. The van der Waals surface area contributed by atoms with Crippen LogP contribution in [0.4, 0.5) is 5.82 Å². The molecule has 0 bridgehead atoms. The van der Waals surface area contributed by atoms with Gasteiger partial charge < -0.3 is 4.90 Å². The summed E-state index contributed by atoms with van der Waals surface area (Å²) in [5.74, 6) is 0.950. The highest BCUT2D eigenvalue weighted by Crippen LogP contribution is 2.31. The molecule has 1 saturated heterocycles. The molecule has 0 aliphatic carbocycles. The zero-order valence-corrected chi connectivity index (χ0v) is 9.96. The first-order valence-corrected chi connectivity index (χ1v) is 5.67. The summed E-state index contributed by atoms with van der Waals surface area (Å²) in [6.07, 6.45) is 3.93. The molecule has 0 spiro atoms. The van der Waals surface area contributed by atoms with E-state index in [2.05, 4.69) is 28.7 Å². The Kier molecular flexibility index (Phi) is 2.83. The van der Waals surface area contributed by atoms with Crippen molar-refractivity contribution in [2.45, 2.75) is 26.7 Å². The number of anilines is 1. The van der Waals surface area contributed by atoms with Crippen LogP contribution in [0.2, 0.25) is 5.15 Å². The lowest BCUT2D eigenvalue weighted by atomic mass is 9.83. The lowest BCUT2D eigenvalue weighted by Crippen LogP contribution is -2.37. The standard InChI is InChI=1S/C11H16ClN3/c1-11(2)3-5-15(6-4-11)10-7-9(12)13-8-14-10/h7-8H,3-6H2,1-2H3. The van der Waals surface area contributed by atoms with Gasteiger partial charge in [-0.05, 0) is 18.3 Å². The lowest BCUT2D eigenvalue weighted by Gasteiger charge is -2.37. The van der Waals surface area contributed by atoms with Crippen molar-refractivity contribution in [1.29, 1.82) is 0 Å². The minimum Gasteiger partial charge on any atom is -0.356 e. The Bertz CT molecular complexity index is 341. The average molecular weight is 226 g/mol. The predicted molar refractivity (Wildman–Crippen MR) is 62.3 cm³/mol. The van der Waals surface area contributed by atoms with Gasteiger partial charge in [0.25, 0.3) is 0 Å². The molecule has 0 saturated carbocycles. The molecule has 15 heavy (non-hydrogen) atoms. The molecular weight excluding hydrogens is 210 g/mol. The number of halogens is 1. The topological polar surface area (TPSA) is 29.0 Å². The van der Waals surface area contributed by atoms with Crippen molar-refractivity contribution in [2.24, 2.45) is 5.41 Å². The molecule has 3 nitrogen and oxygen atoms in total. The van der Waals surface area contributed by atoms with E-state index < -0.39 is 0 Å². The van der Waals surface area contributed by atoms with Crippen LogP contribution in [0, 0.1) is 5.41 Å². The zero-order valence-electron chi connectivity index (χ0n) is 9.20. The van der Waals surface area contributed by atoms with Crippen LogP contribution in [0.1, 0.15) is 26.7 Å². The van der Waals surface area contributed by atoms with Crippen LogP contribution in [0.25, 0.3) is 0 Å². The number of rotatable bonds is 1. The summed E-state index contributed by atoms with van der Waals surface area (Å²) in [5.41, 5.74) is 0.466. The quantitative estimate of drug-likeness (QED) is 0.689. The van der Waals surface area contributed by atoms with Gasteiger partial charge in [0.2, 0.25) is 0 Å². The third kappa shape index (κ3) is 2.59. The van der Waals surface area contributed by atoms with Gasteiger partial charge in [0.1, 0.15) is 17.3 Å². The first-order chi connectivity index (χ1) is 7.07. The number of hydrogen-bond donors (Lipinski definition) is 0. The van der Waals surface area contributed by atoms with E-state index in [-0.39, 0.29) is 0 Å². The van der Waals surface area contributed by atoms with Crippen LogP contribution < -0.4 is 4.90 Å². The molecule has 1 aromatic heterocycles. The number of aromatic nitrogens is 2. The van der Waals surface area contributed by atoms with Crippen molar-refractivity contribution >= 4 is 17.4 Å². The Hall–Kier alpha value is -0.830. The lowest BCUT2D eigenvalue weighted by molar-refractivity contribution is 0.279. The molecule has 0 aromatic carbocycles. The normalized spacial score (nSPS) is 20.3. The van der Waals surface area contributed by atoms with Crippen LogP contribution in [0.3, 0.4) is 0 Å².